The second-order valence-electron chi connectivity index (χ2n) is 4.76. The molecule has 2 heteroatoms. The van der Waals surface area contributed by atoms with Gasteiger partial charge in [0.25, 0.3) is 0 Å². The quantitative estimate of drug-likeness (QED) is 0.603. The van der Waals surface area contributed by atoms with Crippen molar-refractivity contribution >= 4 is 0 Å². The molecular formula is C15H20FN. The number of halogens is 1. The molecule has 0 spiro atoms. The lowest BCUT2D eigenvalue weighted by molar-refractivity contribution is 0.615. The molecule has 1 N–H and O–H groups in total. The molecule has 0 amide bonds. The van der Waals surface area contributed by atoms with E-state index in [1.165, 1.54) is 19.3 Å². The minimum Gasteiger partial charge on any atom is -0.312 e. The van der Waals surface area contributed by atoms with Gasteiger partial charge in [-0.1, -0.05) is 23.8 Å². The molecule has 17 heavy (non-hydrogen) atoms. The number of hydrogen-bond donors (Lipinski definition) is 1. The Labute approximate surface area is 103 Å². The summed E-state index contributed by atoms with van der Waals surface area (Å²) in [5.74, 6) is -0.120. The number of allylic oxidation sites excluding steroid dienone is 1. The van der Waals surface area contributed by atoms with E-state index in [0.29, 0.717) is 0 Å². The molecule has 1 aromatic rings. The summed E-state index contributed by atoms with van der Waals surface area (Å²) < 4.78 is 13.1. The van der Waals surface area contributed by atoms with Crippen molar-refractivity contribution in [2.24, 2.45) is 0 Å². The Bertz CT molecular complexity index is 409. The van der Waals surface area contributed by atoms with Crippen LogP contribution in [0.1, 0.15) is 36.8 Å². The van der Waals surface area contributed by atoms with E-state index in [9.17, 15) is 4.39 Å². The Balaban J connectivity index is 1.72. The summed E-state index contributed by atoms with van der Waals surface area (Å²) in [6.45, 7) is 3.65. The maximum absolute atomic E-state index is 13.1. The van der Waals surface area contributed by atoms with E-state index in [1.54, 1.807) is 11.6 Å². The number of hydrogen-bond acceptors (Lipinski definition) is 1. The van der Waals surface area contributed by atoms with Crippen LogP contribution in [-0.2, 0) is 6.54 Å². The van der Waals surface area contributed by atoms with Gasteiger partial charge in [-0.15, -0.1) is 0 Å². The molecule has 0 saturated heterocycles. The molecule has 0 unspecified atom stereocenters. The third kappa shape index (κ3) is 3.67. The summed E-state index contributed by atoms with van der Waals surface area (Å²) in [5, 5.41) is 3.41. The highest BCUT2D eigenvalue weighted by atomic mass is 19.1. The highest BCUT2D eigenvalue weighted by Gasteiger charge is 2.03. The third-order valence-corrected chi connectivity index (χ3v) is 3.31. The molecule has 0 saturated carbocycles. The monoisotopic (exact) mass is 233 g/mol. The lowest BCUT2D eigenvalue weighted by Crippen LogP contribution is -2.15. The summed E-state index contributed by atoms with van der Waals surface area (Å²) >= 11 is 0. The molecule has 0 heterocycles. The van der Waals surface area contributed by atoms with Crippen molar-refractivity contribution in [2.75, 3.05) is 6.54 Å². The molecule has 0 aromatic heterocycles. The molecule has 1 aliphatic rings. The summed E-state index contributed by atoms with van der Waals surface area (Å²) in [6.07, 6.45) is 7.38. The highest BCUT2D eigenvalue weighted by Crippen LogP contribution is 2.19. The van der Waals surface area contributed by atoms with E-state index >= 15 is 0 Å². The van der Waals surface area contributed by atoms with E-state index in [2.05, 4.69) is 11.4 Å². The van der Waals surface area contributed by atoms with Gasteiger partial charge in [-0.25, -0.2) is 4.39 Å². The number of rotatable bonds is 5. The standard InChI is InChI=1S/C15H20FN/c1-12-10-14(6-7-15(12)16)11-17-9-8-13-4-2-3-5-13/h4,6-7,10,17H,2-3,5,8-9,11H2,1H3. The molecule has 1 nitrogen and oxygen atoms in total. The minimum atomic E-state index is -0.120. The van der Waals surface area contributed by atoms with E-state index in [0.717, 1.165) is 30.6 Å². The first-order chi connectivity index (χ1) is 8.25. The van der Waals surface area contributed by atoms with Crippen LogP contribution in [0.3, 0.4) is 0 Å². The highest BCUT2D eigenvalue weighted by molar-refractivity contribution is 5.23. The smallest absolute Gasteiger partial charge is 0.126 e. The molecule has 1 aromatic carbocycles. The van der Waals surface area contributed by atoms with Gasteiger partial charge in [0.2, 0.25) is 0 Å². The Morgan fingerprint density at radius 2 is 2.24 bits per heavy atom. The van der Waals surface area contributed by atoms with Gasteiger partial charge in [0.1, 0.15) is 5.82 Å². The Hall–Kier alpha value is -1.15. The van der Waals surface area contributed by atoms with Crippen molar-refractivity contribution in [3.63, 3.8) is 0 Å². The van der Waals surface area contributed by atoms with Crippen LogP contribution in [0.5, 0.6) is 0 Å². The van der Waals surface area contributed by atoms with Crippen LogP contribution in [0.2, 0.25) is 0 Å². The van der Waals surface area contributed by atoms with Crippen molar-refractivity contribution < 1.29 is 4.39 Å². The Morgan fingerprint density at radius 3 is 2.94 bits per heavy atom. The first-order valence-electron chi connectivity index (χ1n) is 6.39. The van der Waals surface area contributed by atoms with Crippen LogP contribution in [0, 0.1) is 12.7 Å². The fourth-order valence-corrected chi connectivity index (χ4v) is 2.26. The largest absolute Gasteiger partial charge is 0.312 e. The molecule has 1 aliphatic carbocycles. The SMILES string of the molecule is Cc1cc(CNCCC2=CCCC2)ccc1F. The first-order valence-corrected chi connectivity index (χ1v) is 6.39. The van der Waals surface area contributed by atoms with Crippen LogP contribution in [0.4, 0.5) is 4.39 Å². The van der Waals surface area contributed by atoms with Crippen LogP contribution < -0.4 is 5.32 Å². The second-order valence-corrected chi connectivity index (χ2v) is 4.76. The molecule has 92 valence electrons. The van der Waals surface area contributed by atoms with Crippen molar-refractivity contribution in [3.8, 4) is 0 Å². The summed E-state index contributed by atoms with van der Waals surface area (Å²) in [7, 11) is 0. The van der Waals surface area contributed by atoms with Crippen LogP contribution >= 0.6 is 0 Å². The Kier molecular flexibility index (Phi) is 4.32. The predicted octanol–water partition coefficient (Wildman–Crippen LogP) is 3.72. The van der Waals surface area contributed by atoms with Crippen LogP contribution in [0.25, 0.3) is 0 Å². The zero-order chi connectivity index (χ0) is 12.1. The second kappa shape index (κ2) is 5.97. The van der Waals surface area contributed by atoms with Gasteiger partial charge in [-0.2, -0.15) is 0 Å². The number of aryl methyl sites for hydroxylation is 1. The van der Waals surface area contributed by atoms with Crippen molar-refractivity contribution in [1.82, 2.24) is 5.32 Å². The maximum Gasteiger partial charge on any atom is 0.126 e. The van der Waals surface area contributed by atoms with Gasteiger partial charge in [0.05, 0.1) is 0 Å². The molecule has 0 atom stereocenters. The van der Waals surface area contributed by atoms with E-state index < -0.39 is 0 Å². The number of nitrogens with one attached hydrogen (secondary N) is 1. The van der Waals surface area contributed by atoms with E-state index in [4.69, 9.17) is 0 Å². The normalized spacial score (nSPS) is 15.1. The van der Waals surface area contributed by atoms with E-state index in [-0.39, 0.29) is 5.82 Å². The third-order valence-electron chi connectivity index (χ3n) is 3.31. The summed E-state index contributed by atoms with van der Waals surface area (Å²) in [5.41, 5.74) is 3.47. The number of benzene rings is 1. The molecule has 0 radical (unpaired) electrons. The first kappa shape index (κ1) is 12.3. The van der Waals surface area contributed by atoms with Crippen LogP contribution in [0.15, 0.2) is 29.8 Å². The van der Waals surface area contributed by atoms with Gasteiger partial charge >= 0.3 is 0 Å². The minimum absolute atomic E-state index is 0.120. The fraction of sp³-hybridized carbons (Fsp3) is 0.467. The lowest BCUT2D eigenvalue weighted by atomic mass is 10.1. The van der Waals surface area contributed by atoms with Crippen molar-refractivity contribution in [2.45, 2.75) is 39.2 Å². The molecule has 0 fully saturated rings. The van der Waals surface area contributed by atoms with Gasteiger partial charge < -0.3 is 5.32 Å². The summed E-state index contributed by atoms with van der Waals surface area (Å²) in [6, 6.07) is 5.31. The van der Waals surface area contributed by atoms with Crippen molar-refractivity contribution in [3.05, 3.63) is 46.8 Å². The predicted molar refractivity (Wildman–Crippen MR) is 69.4 cm³/mol. The Morgan fingerprint density at radius 1 is 1.35 bits per heavy atom. The van der Waals surface area contributed by atoms with E-state index in [1.807, 2.05) is 19.1 Å². The average Bonchev–Trinajstić information content (AvgIpc) is 2.82. The van der Waals surface area contributed by atoms with Crippen molar-refractivity contribution in [1.29, 1.82) is 0 Å². The van der Waals surface area contributed by atoms with Gasteiger partial charge in [0, 0.05) is 6.54 Å². The maximum atomic E-state index is 13.1. The molecule has 0 bridgehead atoms. The van der Waals surface area contributed by atoms with Crippen LogP contribution in [-0.4, -0.2) is 6.54 Å². The zero-order valence-electron chi connectivity index (χ0n) is 10.4. The molecule has 0 aliphatic heterocycles. The van der Waals surface area contributed by atoms with Gasteiger partial charge in [-0.05, 0) is 56.3 Å². The summed E-state index contributed by atoms with van der Waals surface area (Å²) in [4.78, 5) is 0. The molecule has 2 rings (SSSR count). The lowest BCUT2D eigenvalue weighted by Gasteiger charge is -2.06. The average molecular weight is 233 g/mol. The van der Waals surface area contributed by atoms with Gasteiger partial charge in [0.15, 0.2) is 0 Å². The molecular weight excluding hydrogens is 213 g/mol. The fourth-order valence-electron chi connectivity index (χ4n) is 2.26. The van der Waals surface area contributed by atoms with Gasteiger partial charge in [-0.3, -0.25) is 0 Å². The zero-order valence-corrected chi connectivity index (χ0v) is 10.4. The topological polar surface area (TPSA) is 12.0 Å².